The molecule has 0 saturated carbocycles. The Morgan fingerprint density at radius 3 is 0.692 bits per heavy atom. The van der Waals surface area contributed by atoms with Gasteiger partial charge in [0.25, 0.3) is 0 Å². The van der Waals surface area contributed by atoms with Crippen molar-refractivity contribution in [3.63, 3.8) is 0 Å². The number of hydrogen-bond acceptors (Lipinski definition) is 1. The van der Waals surface area contributed by atoms with Crippen molar-refractivity contribution >= 4 is 5.78 Å². The fourth-order valence-electron chi connectivity index (χ4n) is 8.42. The predicted octanol–water partition coefficient (Wildman–Crippen LogP) is 19.2. The van der Waals surface area contributed by atoms with E-state index in [0.29, 0.717) is 5.78 Å². The first kappa shape index (κ1) is 51.7. The van der Waals surface area contributed by atoms with Crippen LogP contribution in [0.25, 0.3) is 0 Å². The molecule has 0 aliphatic rings. The lowest BCUT2D eigenvalue weighted by Gasteiger charge is -2.10. The highest BCUT2D eigenvalue weighted by Gasteiger charge is 2.06. The van der Waals surface area contributed by atoms with Crippen LogP contribution in [-0.2, 0) is 4.79 Å². The summed E-state index contributed by atoms with van der Waals surface area (Å²) in [6.45, 7) is 6.75. The fourth-order valence-corrected chi connectivity index (χ4v) is 8.42. The first-order valence-corrected chi connectivity index (χ1v) is 25.2. The Bertz CT molecular complexity index is 639. The Balaban J connectivity index is 3.10. The molecular weight excluding hydrogens is 629 g/mol. The average molecular weight is 731 g/mol. The van der Waals surface area contributed by atoms with Crippen molar-refractivity contribution in [2.75, 3.05) is 0 Å². The molecule has 1 unspecified atom stereocenters. The lowest BCUT2D eigenvalue weighted by Crippen LogP contribution is -2.02. The number of ketones is 1. The van der Waals surface area contributed by atoms with Gasteiger partial charge >= 0.3 is 0 Å². The van der Waals surface area contributed by atoms with E-state index in [1.165, 1.54) is 270 Å². The van der Waals surface area contributed by atoms with Gasteiger partial charge in [-0.25, -0.2) is 0 Å². The van der Waals surface area contributed by atoms with Crippen LogP contribution in [0.4, 0.5) is 0 Å². The second-order valence-corrected chi connectivity index (χ2v) is 17.9. The molecule has 0 bridgehead atoms. The molecule has 0 aromatic carbocycles. The molecule has 1 heteroatoms. The van der Waals surface area contributed by atoms with E-state index >= 15 is 0 Å². The number of carbonyl (C=O) groups excluding carboxylic acids is 1. The third-order valence-corrected chi connectivity index (χ3v) is 12.2. The summed E-state index contributed by atoms with van der Waals surface area (Å²) in [5, 5.41) is 0. The van der Waals surface area contributed by atoms with Crippen LogP contribution in [0.1, 0.15) is 316 Å². The quantitative estimate of drug-likeness (QED) is 0.0570. The van der Waals surface area contributed by atoms with Gasteiger partial charge in [0.2, 0.25) is 0 Å². The number of hydrogen-bond donors (Lipinski definition) is 0. The highest BCUT2D eigenvalue weighted by Crippen LogP contribution is 2.19. The minimum atomic E-state index is 0.474. The Hall–Kier alpha value is -0.330. The highest BCUT2D eigenvalue weighted by atomic mass is 16.1. The zero-order valence-electron chi connectivity index (χ0n) is 37.0. The van der Waals surface area contributed by atoms with Crippen LogP contribution in [0.3, 0.4) is 0 Å². The molecule has 0 rings (SSSR count). The third-order valence-electron chi connectivity index (χ3n) is 12.2. The number of Topliss-reactive ketones (excluding diaryl/α,β-unsaturated/α-hetero) is 1. The summed E-state index contributed by atoms with van der Waals surface area (Å²) in [6, 6.07) is 0. The first-order chi connectivity index (χ1) is 25.7. The molecule has 1 atom stereocenters. The standard InChI is InChI=1S/C51H102O/c1-4-6-7-8-9-10-11-12-13-14-15-16-17-18-19-20-21-22-23-24-25-26-27-28-29-30-31-32-33-34-35-36-37-38-39-40-41-42-43-44-45-47-50(3)48-49-51(52)46-5-2/h50H,4-49H2,1-3H3. The third kappa shape index (κ3) is 45.8. The molecule has 0 spiro atoms. The van der Waals surface area contributed by atoms with E-state index < -0.39 is 0 Å². The van der Waals surface area contributed by atoms with E-state index in [2.05, 4.69) is 20.8 Å². The van der Waals surface area contributed by atoms with Gasteiger partial charge < -0.3 is 0 Å². The van der Waals surface area contributed by atoms with Gasteiger partial charge in [0.05, 0.1) is 0 Å². The number of unbranched alkanes of at least 4 members (excludes halogenated alkanes) is 40. The van der Waals surface area contributed by atoms with Crippen LogP contribution in [0.5, 0.6) is 0 Å². The lowest BCUT2D eigenvalue weighted by atomic mass is 9.95. The Morgan fingerprint density at radius 1 is 0.269 bits per heavy atom. The molecule has 0 fully saturated rings. The molecule has 0 radical (unpaired) electrons. The molecule has 0 amide bonds. The molecule has 0 saturated heterocycles. The molecule has 312 valence electrons. The lowest BCUT2D eigenvalue weighted by molar-refractivity contribution is -0.119. The van der Waals surface area contributed by atoms with Crippen LogP contribution in [0, 0.1) is 5.92 Å². The second-order valence-electron chi connectivity index (χ2n) is 17.9. The van der Waals surface area contributed by atoms with E-state index in [4.69, 9.17) is 0 Å². The van der Waals surface area contributed by atoms with Gasteiger partial charge in [0.15, 0.2) is 0 Å². The van der Waals surface area contributed by atoms with Gasteiger partial charge in [0, 0.05) is 12.8 Å². The molecule has 52 heavy (non-hydrogen) atoms. The van der Waals surface area contributed by atoms with Gasteiger partial charge in [-0.15, -0.1) is 0 Å². The zero-order valence-corrected chi connectivity index (χ0v) is 37.0. The van der Waals surface area contributed by atoms with E-state index in [1.54, 1.807) is 0 Å². The SMILES string of the molecule is CCCCCCCCCCCCCCCCCCCCCCCCCCCCCCCCCCCCCCCCCCCC(C)CCC(=O)CCC. The van der Waals surface area contributed by atoms with Crippen molar-refractivity contribution in [3.05, 3.63) is 0 Å². The Kier molecular flexibility index (Phi) is 46.5. The first-order valence-electron chi connectivity index (χ1n) is 25.2. The maximum absolute atomic E-state index is 11.7. The number of rotatable bonds is 47. The van der Waals surface area contributed by atoms with Gasteiger partial charge in [-0.05, 0) is 18.8 Å². The molecule has 0 N–H and O–H groups in total. The summed E-state index contributed by atoms with van der Waals surface area (Å²) >= 11 is 0. The van der Waals surface area contributed by atoms with Gasteiger partial charge in [-0.3, -0.25) is 4.79 Å². The van der Waals surface area contributed by atoms with E-state index in [1.807, 2.05) is 0 Å². The molecule has 1 nitrogen and oxygen atoms in total. The smallest absolute Gasteiger partial charge is 0.132 e. The van der Waals surface area contributed by atoms with Crippen molar-refractivity contribution in [1.29, 1.82) is 0 Å². The molecule has 0 aromatic rings. The van der Waals surface area contributed by atoms with Crippen LogP contribution in [0.2, 0.25) is 0 Å². The summed E-state index contributed by atoms with van der Waals surface area (Å²) in [6.07, 6.45) is 65.4. The van der Waals surface area contributed by atoms with Crippen molar-refractivity contribution in [2.24, 2.45) is 5.92 Å². The summed E-state index contributed by atoms with van der Waals surface area (Å²) in [5.41, 5.74) is 0. The maximum Gasteiger partial charge on any atom is 0.132 e. The molecule has 0 aliphatic carbocycles. The van der Waals surface area contributed by atoms with Crippen molar-refractivity contribution in [3.8, 4) is 0 Å². The van der Waals surface area contributed by atoms with Crippen molar-refractivity contribution < 1.29 is 4.79 Å². The van der Waals surface area contributed by atoms with Crippen LogP contribution < -0.4 is 0 Å². The number of carbonyl (C=O) groups is 1. The van der Waals surface area contributed by atoms with Crippen LogP contribution in [-0.4, -0.2) is 5.78 Å². The van der Waals surface area contributed by atoms with E-state index in [-0.39, 0.29) is 0 Å². The highest BCUT2D eigenvalue weighted by molar-refractivity contribution is 5.78. The van der Waals surface area contributed by atoms with E-state index in [9.17, 15) is 4.79 Å². The normalized spacial score (nSPS) is 12.2. The zero-order chi connectivity index (χ0) is 37.7. The van der Waals surface area contributed by atoms with Crippen LogP contribution >= 0.6 is 0 Å². The van der Waals surface area contributed by atoms with Gasteiger partial charge in [0.1, 0.15) is 5.78 Å². The van der Waals surface area contributed by atoms with Crippen molar-refractivity contribution in [2.45, 2.75) is 316 Å². The van der Waals surface area contributed by atoms with Gasteiger partial charge in [-0.1, -0.05) is 290 Å². The Morgan fingerprint density at radius 2 is 0.481 bits per heavy atom. The van der Waals surface area contributed by atoms with Crippen molar-refractivity contribution in [1.82, 2.24) is 0 Å². The minimum absolute atomic E-state index is 0.474. The minimum Gasteiger partial charge on any atom is -0.300 e. The van der Waals surface area contributed by atoms with Gasteiger partial charge in [-0.2, -0.15) is 0 Å². The monoisotopic (exact) mass is 731 g/mol. The molecular formula is C51H102O. The summed E-state index contributed by atoms with van der Waals surface area (Å²) < 4.78 is 0. The molecule has 0 aliphatic heterocycles. The maximum atomic E-state index is 11.7. The predicted molar refractivity (Wildman–Crippen MR) is 238 cm³/mol. The van der Waals surface area contributed by atoms with E-state index in [0.717, 1.165) is 31.6 Å². The molecule has 0 aromatic heterocycles. The fraction of sp³-hybridized carbons (Fsp3) is 0.980. The Labute approximate surface area is 331 Å². The summed E-state index contributed by atoms with van der Waals surface area (Å²) in [4.78, 5) is 11.7. The average Bonchev–Trinajstić information content (AvgIpc) is 3.14. The largest absolute Gasteiger partial charge is 0.300 e. The molecule has 0 heterocycles. The summed E-state index contributed by atoms with van der Waals surface area (Å²) in [7, 11) is 0. The second kappa shape index (κ2) is 46.8. The summed E-state index contributed by atoms with van der Waals surface area (Å²) in [5.74, 6) is 1.20. The van der Waals surface area contributed by atoms with Crippen LogP contribution in [0.15, 0.2) is 0 Å². The topological polar surface area (TPSA) is 17.1 Å².